The van der Waals surface area contributed by atoms with Crippen molar-refractivity contribution in [3.05, 3.63) is 65.5 Å². The van der Waals surface area contributed by atoms with Crippen LogP contribution in [-0.2, 0) is 11.3 Å². The van der Waals surface area contributed by atoms with Crippen molar-refractivity contribution in [2.45, 2.75) is 32.0 Å². The Hall–Kier alpha value is -2.54. The summed E-state index contributed by atoms with van der Waals surface area (Å²) in [6, 6.07) is 12.8. The van der Waals surface area contributed by atoms with Crippen LogP contribution >= 0.6 is 0 Å². The zero-order valence-corrected chi connectivity index (χ0v) is 15.7. The van der Waals surface area contributed by atoms with Crippen molar-refractivity contribution in [1.82, 2.24) is 9.80 Å². The van der Waals surface area contributed by atoms with Gasteiger partial charge in [0.1, 0.15) is 11.6 Å². The van der Waals surface area contributed by atoms with Crippen LogP contribution in [0.15, 0.2) is 48.5 Å². The van der Waals surface area contributed by atoms with Gasteiger partial charge in [0.05, 0.1) is 6.54 Å². The molecule has 2 aromatic rings. The van der Waals surface area contributed by atoms with Crippen molar-refractivity contribution >= 4 is 5.91 Å². The number of hydrogen-bond donors (Lipinski definition) is 0. The number of carbonyl (C=O) groups excluding carboxylic acids is 1. The molecule has 150 valence electrons. The van der Waals surface area contributed by atoms with Gasteiger partial charge in [0.25, 0.3) is 0 Å². The van der Waals surface area contributed by atoms with Gasteiger partial charge in [-0.1, -0.05) is 24.3 Å². The van der Waals surface area contributed by atoms with E-state index in [0.29, 0.717) is 6.54 Å². The Kier molecular flexibility index (Phi) is 6.57. The van der Waals surface area contributed by atoms with Crippen molar-refractivity contribution < 1.29 is 22.7 Å². The Morgan fingerprint density at radius 2 is 1.86 bits per heavy atom. The summed E-state index contributed by atoms with van der Waals surface area (Å²) in [6.45, 7) is -1.38. The number of benzene rings is 2. The fraction of sp³-hybridized carbons (Fsp3) is 0.381. The first-order valence-electron chi connectivity index (χ1n) is 9.19. The van der Waals surface area contributed by atoms with Crippen molar-refractivity contribution in [3.8, 4) is 5.75 Å². The second-order valence-corrected chi connectivity index (χ2v) is 6.95. The normalized spacial score (nSPS) is 17.1. The first-order chi connectivity index (χ1) is 13.4. The van der Waals surface area contributed by atoms with Crippen LogP contribution < -0.4 is 4.74 Å². The summed E-state index contributed by atoms with van der Waals surface area (Å²) >= 11 is 0. The van der Waals surface area contributed by atoms with E-state index in [9.17, 15) is 18.0 Å². The molecule has 1 unspecified atom stereocenters. The van der Waals surface area contributed by atoms with E-state index in [2.05, 4.69) is 9.64 Å². The molecule has 1 aliphatic rings. The number of halogens is 3. The maximum absolute atomic E-state index is 13.2. The minimum absolute atomic E-state index is 0.0260. The molecule has 2 aromatic carbocycles. The van der Waals surface area contributed by atoms with E-state index in [4.69, 9.17) is 0 Å². The Bertz CT molecular complexity index is 781. The number of ether oxygens (including phenoxy) is 1. The summed E-state index contributed by atoms with van der Waals surface area (Å²) in [5.74, 6) is -0.206. The highest BCUT2D eigenvalue weighted by molar-refractivity contribution is 5.78. The smallest absolute Gasteiger partial charge is 0.387 e. The lowest BCUT2D eigenvalue weighted by Gasteiger charge is -2.27. The van der Waals surface area contributed by atoms with Crippen LogP contribution in [0, 0.1) is 5.82 Å². The minimum atomic E-state index is -2.86. The number of alkyl halides is 2. The zero-order chi connectivity index (χ0) is 20.1. The second kappa shape index (κ2) is 9.10. The monoisotopic (exact) mass is 392 g/mol. The van der Waals surface area contributed by atoms with Gasteiger partial charge in [0, 0.05) is 19.6 Å². The number of carbonyl (C=O) groups is 1. The van der Waals surface area contributed by atoms with Gasteiger partial charge in [-0.3, -0.25) is 9.69 Å². The maximum atomic E-state index is 13.2. The van der Waals surface area contributed by atoms with Crippen molar-refractivity contribution in [2.24, 2.45) is 0 Å². The number of likely N-dealkylation sites (N-methyl/N-ethyl adjacent to an activating group) is 1. The van der Waals surface area contributed by atoms with Crippen LogP contribution in [-0.4, -0.2) is 42.5 Å². The quantitative estimate of drug-likeness (QED) is 0.707. The fourth-order valence-corrected chi connectivity index (χ4v) is 3.51. The third kappa shape index (κ3) is 5.25. The summed E-state index contributed by atoms with van der Waals surface area (Å²) in [7, 11) is 1.72. The van der Waals surface area contributed by atoms with Gasteiger partial charge >= 0.3 is 6.61 Å². The summed E-state index contributed by atoms with van der Waals surface area (Å²) in [6.07, 6.45) is 1.93. The Morgan fingerprint density at radius 3 is 2.50 bits per heavy atom. The lowest BCUT2D eigenvalue weighted by Crippen LogP contribution is -2.37. The predicted octanol–water partition coefficient (Wildman–Crippen LogP) is 4.22. The van der Waals surface area contributed by atoms with Crippen LogP contribution in [0.5, 0.6) is 5.75 Å². The first kappa shape index (κ1) is 20.2. The average molecular weight is 392 g/mol. The maximum Gasteiger partial charge on any atom is 0.387 e. The average Bonchev–Trinajstić information content (AvgIpc) is 3.11. The molecule has 1 saturated heterocycles. The van der Waals surface area contributed by atoms with Gasteiger partial charge < -0.3 is 9.64 Å². The lowest BCUT2D eigenvalue weighted by molar-refractivity contribution is -0.131. The van der Waals surface area contributed by atoms with Crippen LogP contribution in [0.25, 0.3) is 0 Å². The summed E-state index contributed by atoms with van der Waals surface area (Å²) in [5.41, 5.74) is 1.85. The Balaban J connectivity index is 1.56. The molecule has 28 heavy (non-hydrogen) atoms. The highest BCUT2D eigenvalue weighted by Gasteiger charge is 2.28. The second-order valence-electron chi connectivity index (χ2n) is 6.95. The molecular formula is C21H23F3N2O2. The Labute approximate surface area is 162 Å². The molecule has 0 radical (unpaired) electrons. The topological polar surface area (TPSA) is 32.8 Å². The van der Waals surface area contributed by atoms with E-state index < -0.39 is 6.61 Å². The molecule has 1 atom stereocenters. The van der Waals surface area contributed by atoms with Crippen LogP contribution in [0.1, 0.15) is 30.0 Å². The molecule has 4 nitrogen and oxygen atoms in total. The molecular weight excluding hydrogens is 369 g/mol. The summed E-state index contributed by atoms with van der Waals surface area (Å²) < 4.78 is 41.9. The van der Waals surface area contributed by atoms with Crippen LogP contribution in [0.3, 0.4) is 0 Å². The molecule has 0 bridgehead atoms. The molecule has 1 heterocycles. The molecule has 1 amide bonds. The van der Waals surface area contributed by atoms with E-state index in [-0.39, 0.29) is 30.1 Å². The largest absolute Gasteiger partial charge is 0.435 e. The molecule has 7 heteroatoms. The van der Waals surface area contributed by atoms with Crippen LogP contribution in [0.4, 0.5) is 13.2 Å². The van der Waals surface area contributed by atoms with Gasteiger partial charge in [0.15, 0.2) is 0 Å². The number of likely N-dealkylation sites (tertiary alicyclic amines) is 1. The van der Waals surface area contributed by atoms with Gasteiger partial charge in [-0.2, -0.15) is 8.78 Å². The number of rotatable bonds is 7. The van der Waals surface area contributed by atoms with Crippen LogP contribution in [0.2, 0.25) is 0 Å². The first-order valence-corrected chi connectivity index (χ1v) is 9.19. The lowest BCUT2D eigenvalue weighted by atomic mass is 10.0. The van der Waals surface area contributed by atoms with E-state index in [0.717, 1.165) is 30.5 Å². The van der Waals surface area contributed by atoms with Crippen molar-refractivity contribution in [2.75, 3.05) is 20.1 Å². The van der Waals surface area contributed by atoms with Crippen molar-refractivity contribution in [1.29, 1.82) is 0 Å². The minimum Gasteiger partial charge on any atom is -0.435 e. The molecule has 0 saturated carbocycles. The fourth-order valence-electron chi connectivity index (χ4n) is 3.51. The summed E-state index contributed by atoms with van der Waals surface area (Å²) in [4.78, 5) is 16.4. The van der Waals surface area contributed by atoms with E-state index >= 15 is 0 Å². The summed E-state index contributed by atoms with van der Waals surface area (Å²) in [5, 5.41) is 0. The van der Waals surface area contributed by atoms with Gasteiger partial charge in [-0.05, 0) is 54.8 Å². The molecule has 1 fully saturated rings. The zero-order valence-electron chi connectivity index (χ0n) is 15.7. The van der Waals surface area contributed by atoms with E-state index in [1.807, 2.05) is 0 Å². The van der Waals surface area contributed by atoms with Crippen molar-refractivity contribution in [3.63, 3.8) is 0 Å². The van der Waals surface area contributed by atoms with Gasteiger partial charge in [-0.25, -0.2) is 4.39 Å². The molecule has 0 aliphatic carbocycles. The SMILES string of the molecule is CN(Cc1ccc(OC(F)F)cc1)C(=O)CN1CCCC1c1ccc(F)cc1. The number of amides is 1. The van der Waals surface area contributed by atoms with Gasteiger partial charge in [-0.15, -0.1) is 0 Å². The third-order valence-electron chi connectivity index (χ3n) is 4.95. The molecule has 0 N–H and O–H groups in total. The number of nitrogens with zero attached hydrogens (tertiary/aromatic N) is 2. The van der Waals surface area contributed by atoms with E-state index in [1.165, 1.54) is 24.3 Å². The molecule has 0 aromatic heterocycles. The standard InChI is InChI=1S/C21H23F3N2O2/c1-25(13-15-4-10-18(11-5-15)28-21(23)24)20(27)14-26-12-2-3-19(26)16-6-8-17(22)9-7-16/h4-11,19,21H,2-3,12-14H2,1H3. The predicted molar refractivity (Wildman–Crippen MR) is 99.5 cm³/mol. The molecule has 1 aliphatic heterocycles. The Morgan fingerprint density at radius 1 is 1.18 bits per heavy atom. The molecule has 3 rings (SSSR count). The highest BCUT2D eigenvalue weighted by Crippen LogP contribution is 2.31. The van der Waals surface area contributed by atoms with Gasteiger partial charge in [0.2, 0.25) is 5.91 Å². The van der Waals surface area contributed by atoms with E-state index in [1.54, 1.807) is 36.2 Å². The molecule has 0 spiro atoms. The highest BCUT2D eigenvalue weighted by atomic mass is 19.3. The number of hydrogen-bond acceptors (Lipinski definition) is 3. The third-order valence-corrected chi connectivity index (χ3v) is 4.95.